The SMILES string of the molecule is CC(C)CC1NC(=O)C(C)N(CC2CCOC2C)C1=O. The van der Waals surface area contributed by atoms with E-state index in [2.05, 4.69) is 19.2 Å². The first-order valence-electron chi connectivity index (χ1n) is 7.62. The number of ether oxygens (including phenoxy) is 1. The topological polar surface area (TPSA) is 58.6 Å². The first-order valence-corrected chi connectivity index (χ1v) is 7.62. The van der Waals surface area contributed by atoms with Crippen LogP contribution in [-0.2, 0) is 14.3 Å². The molecule has 114 valence electrons. The second-order valence-corrected chi connectivity index (χ2v) is 6.48. The summed E-state index contributed by atoms with van der Waals surface area (Å²) in [5, 5.41) is 2.85. The van der Waals surface area contributed by atoms with E-state index in [9.17, 15) is 9.59 Å². The van der Waals surface area contributed by atoms with Crippen molar-refractivity contribution in [3.63, 3.8) is 0 Å². The van der Waals surface area contributed by atoms with Gasteiger partial charge in [0.2, 0.25) is 11.8 Å². The summed E-state index contributed by atoms with van der Waals surface area (Å²) in [6.45, 7) is 9.36. The Labute approximate surface area is 121 Å². The molecule has 0 bridgehead atoms. The van der Waals surface area contributed by atoms with E-state index in [4.69, 9.17) is 4.74 Å². The van der Waals surface area contributed by atoms with Gasteiger partial charge in [-0.3, -0.25) is 9.59 Å². The molecule has 2 amide bonds. The van der Waals surface area contributed by atoms with E-state index in [0.717, 1.165) is 13.0 Å². The predicted octanol–water partition coefficient (Wildman–Crippen LogP) is 1.17. The number of nitrogens with one attached hydrogen (secondary N) is 1. The first-order chi connectivity index (χ1) is 9.40. The number of amides is 2. The van der Waals surface area contributed by atoms with E-state index in [0.29, 0.717) is 24.8 Å². The normalized spacial score (nSPS) is 34.8. The van der Waals surface area contributed by atoms with Gasteiger partial charge in [-0.15, -0.1) is 0 Å². The van der Waals surface area contributed by atoms with Crippen molar-refractivity contribution in [3.8, 4) is 0 Å². The molecule has 0 aromatic heterocycles. The minimum absolute atomic E-state index is 0.0400. The molecular formula is C15H26N2O3. The molecule has 0 aromatic carbocycles. The third kappa shape index (κ3) is 3.14. The Hall–Kier alpha value is -1.10. The average molecular weight is 282 g/mol. The smallest absolute Gasteiger partial charge is 0.245 e. The first kappa shape index (κ1) is 15.3. The van der Waals surface area contributed by atoms with Gasteiger partial charge in [-0.25, -0.2) is 0 Å². The molecule has 2 rings (SSSR count). The average Bonchev–Trinajstić information content (AvgIpc) is 2.77. The summed E-state index contributed by atoms with van der Waals surface area (Å²) in [6, 6.07) is -0.741. The highest BCUT2D eigenvalue weighted by molar-refractivity contribution is 5.96. The number of hydrogen-bond donors (Lipinski definition) is 1. The second-order valence-electron chi connectivity index (χ2n) is 6.48. The molecule has 4 atom stereocenters. The van der Waals surface area contributed by atoms with Crippen molar-refractivity contribution in [2.24, 2.45) is 11.8 Å². The molecule has 0 spiro atoms. The van der Waals surface area contributed by atoms with Crippen molar-refractivity contribution >= 4 is 11.8 Å². The maximum atomic E-state index is 12.6. The fourth-order valence-electron chi connectivity index (χ4n) is 3.03. The molecule has 5 nitrogen and oxygen atoms in total. The lowest BCUT2D eigenvalue weighted by Gasteiger charge is -2.39. The molecule has 0 aromatic rings. The molecule has 0 radical (unpaired) electrons. The lowest BCUT2D eigenvalue weighted by Crippen LogP contribution is -2.63. The van der Waals surface area contributed by atoms with Crippen LogP contribution >= 0.6 is 0 Å². The van der Waals surface area contributed by atoms with E-state index in [1.54, 1.807) is 11.8 Å². The van der Waals surface area contributed by atoms with Gasteiger partial charge in [0.25, 0.3) is 0 Å². The maximum Gasteiger partial charge on any atom is 0.245 e. The molecule has 2 heterocycles. The standard InChI is InChI=1S/C15H26N2O3/c1-9(2)7-13-15(19)17(10(3)14(18)16-13)8-12-5-6-20-11(12)4/h9-13H,5-8H2,1-4H3,(H,16,18). The van der Waals surface area contributed by atoms with Gasteiger partial charge < -0.3 is 15.0 Å². The highest BCUT2D eigenvalue weighted by atomic mass is 16.5. The Morgan fingerprint density at radius 1 is 1.35 bits per heavy atom. The summed E-state index contributed by atoms with van der Waals surface area (Å²) < 4.78 is 5.56. The Balaban J connectivity index is 2.07. The molecule has 2 aliphatic heterocycles. The van der Waals surface area contributed by atoms with Crippen molar-refractivity contribution in [2.75, 3.05) is 13.2 Å². The van der Waals surface area contributed by atoms with Crippen LogP contribution in [0.3, 0.4) is 0 Å². The molecule has 2 fully saturated rings. The molecule has 0 aliphatic carbocycles. The lowest BCUT2D eigenvalue weighted by molar-refractivity contribution is -0.150. The number of rotatable bonds is 4. The third-order valence-corrected chi connectivity index (χ3v) is 4.42. The Bertz CT molecular complexity index is 383. The molecule has 0 saturated carbocycles. The maximum absolute atomic E-state index is 12.6. The fourth-order valence-corrected chi connectivity index (χ4v) is 3.03. The van der Waals surface area contributed by atoms with E-state index in [1.807, 2.05) is 6.92 Å². The Kier molecular flexibility index (Phi) is 4.68. The molecular weight excluding hydrogens is 256 g/mol. The highest BCUT2D eigenvalue weighted by Crippen LogP contribution is 2.24. The largest absolute Gasteiger partial charge is 0.378 e. The molecule has 2 aliphatic rings. The van der Waals surface area contributed by atoms with Crippen LogP contribution in [0.15, 0.2) is 0 Å². The zero-order chi connectivity index (χ0) is 14.9. The number of hydrogen-bond acceptors (Lipinski definition) is 3. The predicted molar refractivity (Wildman–Crippen MR) is 76.1 cm³/mol. The summed E-state index contributed by atoms with van der Waals surface area (Å²) in [5.41, 5.74) is 0. The Morgan fingerprint density at radius 2 is 2.05 bits per heavy atom. The van der Waals surface area contributed by atoms with Gasteiger partial charge in [0.05, 0.1) is 6.10 Å². The van der Waals surface area contributed by atoms with Gasteiger partial charge in [0, 0.05) is 19.1 Å². The van der Waals surface area contributed by atoms with E-state index < -0.39 is 0 Å². The molecule has 1 N–H and O–H groups in total. The quantitative estimate of drug-likeness (QED) is 0.842. The molecule has 4 unspecified atom stereocenters. The number of nitrogens with zero attached hydrogens (tertiary/aromatic N) is 1. The van der Waals surface area contributed by atoms with Crippen molar-refractivity contribution in [3.05, 3.63) is 0 Å². The zero-order valence-corrected chi connectivity index (χ0v) is 12.9. The summed E-state index contributed by atoms with van der Waals surface area (Å²) in [7, 11) is 0. The van der Waals surface area contributed by atoms with Crippen molar-refractivity contribution < 1.29 is 14.3 Å². The zero-order valence-electron chi connectivity index (χ0n) is 12.9. The van der Waals surface area contributed by atoms with Crippen LogP contribution in [0, 0.1) is 11.8 Å². The highest BCUT2D eigenvalue weighted by Gasteiger charge is 2.40. The van der Waals surface area contributed by atoms with Gasteiger partial charge in [-0.05, 0) is 32.6 Å². The molecule has 20 heavy (non-hydrogen) atoms. The van der Waals surface area contributed by atoms with E-state index in [-0.39, 0.29) is 30.0 Å². The Morgan fingerprint density at radius 3 is 2.60 bits per heavy atom. The van der Waals surface area contributed by atoms with Crippen LogP contribution in [0.4, 0.5) is 0 Å². The summed E-state index contributed by atoms with van der Waals surface area (Å²) in [4.78, 5) is 26.4. The molecule has 2 saturated heterocycles. The summed E-state index contributed by atoms with van der Waals surface area (Å²) in [5.74, 6) is 0.743. The van der Waals surface area contributed by atoms with Crippen molar-refractivity contribution in [1.82, 2.24) is 10.2 Å². The minimum Gasteiger partial charge on any atom is -0.378 e. The van der Waals surface area contributed by atoms with Crippen molar-refractivity contribution in [1.29, 1.82) is 0 Å². The van der Waals surface area contributed by atoms with Crippen LogP contribution < -0.4 is 5.32 Å². The summed E-state index contributed by atoms with van der Waals surface area (Å²) >= 11 is 0. The van der Waals surface area contributed by atoms with Crippen LogP contribution in [0.1, 0.15) is 40.5 Å². The van der Waals surface area contributed by atoms with Gasteiger partial charge in [0.15, 0.2) is 0 Å². The van der Waals surface area contributed by atoms with Gasteiger partial charge >= 0.3 is 0 Å². The van der Waals surface area contributed by atoms with Crippen LogP contribution in [0.2, 0.25) is 0 Å². The number of carbonyl (C=O) groups is 2. The summed E-state index contributed by atoms with van der Waals surface area (Å²) in [6.07, 6.45) is 1.84. The van der Waals surface area contributed by atoms with E-state index in [1.165, 1.54) is 0 Å². The second kappa shape index (κ2) is 6.12. The fraction of sp³-hybridized carbons (Fsp3) is 0.867. The van der Waals surface area contributed by atoms with Crippen LogP contribution in [-0.4, -0.2) is 48.1 Å². The molecule has 5 heteroatoms. The van der Waals surface area contributed by atoms with Crippen LogP contribution in [0.5, 0.6) is 0 Å². The van der Waals surface area contributed by atoms with Crippen LogP contribution in [0.25, 0.3) is 0 Å². The van der Waals surface area contributed by atoms with Gasteiger partial charge in [-0.1, -0.05) is 13.8 Å². The monoisotopic (exact) mass is 282 g/mol. The van der Waals surface area contributed by atoms with E-state index >= 15 is 0 Å². The minimum atomic E-state index is -0.376. The third-order valence-electron chi connectivity index (χ3n) is 4.42. The number of piperazine rings is 1. The number of carbonyl (C=O) groups excluding carboxylic acids is 2. The van der Waals surface area contributed by atoms with Gasteiger partial charge in [0.1, 0.15) is 12.1 Å². The lowest BCUT2D eigenvalue weighted by atomic mass is 9.96. The van der Waals surface area contributed by atoms with Crippen molar-refractivity contribution in [2.45, 2.75) is 58.7 Å². The van der Waals surface area contributed by atoms with Gasteiger partial charge in [-0.2, -0.15) is 0 Å².